The Morgan fingerprint density at radius 2 is 0.870 bits per heavy atom. The van der Waals surface area contributed by atoms with E-state index in [0.29, 0.717) is 0 Å². The Hall–Kier alpha value is -6.64. The highest BCUT2D eigenvalue weighted by molar-refractivity contribution is 6.10. The molecule has 0 amide bonds. The summed E-state index contributed by atoms with van der Waals surface area (Å²) in [5, 5.41) is 9.18. The SMILES string of the molecule is Cc1c2ccc(-c3cccc(-n4c5ccccc5c5ccccc54)c3)cc2c(C)c2ccc(-c3cccc(-n4c5c(c6ccccc64)CCC=C5)c3)cc12. The van der Waals surface area contributed by atoms with Gasteiger partial charge in [-0.25, -0.2) is 0 Å². The van der Waals surface area contributed by atoms with Gasteiger partial charge in [-0.05, 0) is 148 Å². The van der Waals surface area contributed by atoms with E-state index in [9.17, 15) is 0 Å². The molecule has 2 heterocycles. The third-order valence-corrected chi connectivity index (χ3v) is 12.0. The predicted octanol–water partition coefficient (Wildman–Crippen LogP) is 13.9. The summed E-state index contributed by atoms with van der Waals surface area (Å²) in [5.41, 5.74) is 16.5. The minimum Gasteiger partial charge on any atom is -0.310 e. The first-order valence-electron chi connectivity index (χ1n) is 19.1. The van der Waals surface area contributed by atoms with Crippen LogP contribution < -0.4 is 0 Å². The third kappa shape index (κ3) is 4.60. The Morgan fingerprint density at radius 3 is 1.44 bits per heavy atom. The molecule has 8 aromatic carbocycles. The topological polar surface area (TPSA) is 9.86 Å². The van der Waals surface area contributed by atoms with Crippen molar-refractivity contribution in [2.45, 2.75) is 26.7 Å². The van der Waals surface area contributed by atoms with E-state index in [1.165, 1.54) is 110 Å². The molecule has 0 N–H and O–H groups in total. The number of benzene rings is 8. The Bertz CT molecular complexity index is 3130. The van der Waals surface area contributed by atoms with E-state index in [1.807, 2.05) is 0 Å². The number of aryl methyl sites for hydroxylation is 3. The lowest BCUT2D eigenvalue weighted by molar-refractivity contribution is 0.968. The first-order chi connectivity index (χ1) is 26.6. The highest BCUT2D eigenvalue weighted by atomic mass is 15.0. The van der Waals surface area contributed by atoms with E-state index in [0.717, 1.165) is 12.8 Å². The summed E-state index contributed by atoms with van der Waals surface area (Å²) < 4.78 is 4.85. The summed E-state index contributed by atoms with van der Waals surface area (Å²) >= 11 is 0. The molecule has 0 saturated carbocycles. The van der Waals surface area contributed by atoms with Gasteiger partial charge in [0.1, 0.15) is 0 Å². The third-order valence-electron chi connectivity index (χ3n) is 12.0. The van der Waals surface area contributed by atoms with E-state index in [4.69, 9.17) is 0 Å². The van der Waals surface area contributed by atoms with Crippen LogP contribution in [0.4, 0.5) is 0 Å². The van der Waals surface area contributed by atoms with Crippen LogP contribution in [0.15, 0.2) is 164 Å². The number of para-hydroxylation sites is 3. The van der Waals surface area contributed by atoms with E-state index in [-0.39, 0.29) is 0 Å². The molecule has 11 rings (SSSR count). The molecule has 0 aliphatic heterocycles. The van der Waals surface area contributed by atoms with Gasteiger partial charge < -0.3 is 9.13 Å². The molecule has 256 valence electrons. The summed E-state index contributed by atoms with van der Waals surface area (Å²) in [4.78, 5) is 0. The van der Waals surface area contributed by atoms with Crippen LogP contribution in [0, 0.1) is 13.8 Å². The zero-order valence-corrected chi connectivity index (χ0v) is 30.5. The van der Waals surface area contributed by atoms with Crippen LogP contribution in [0.1, 0.15) is 28.8 Å². The number of nitrogens with zero attached hydrogens (tertiary/aromatic N) is 2. The van der Waals surface area contributed by atoms with Crippen molar-refractivity contribution in [2.75, 3.05) is 0 Å². The van der Waals surface area contributed by atoms with Crippen LogP contribution >= 0.6 is 0 Å². The van der Waals surface area contributed by atoms with Crippen LogP contribution in [0.2, 0.25) is 0 Å². The van der Waals surface area contributed by atoms with E-state index in [1.54, 1.807) is 0 Å². The summed E-state index contributed by atoms with van der Waals surface area (Å²) in [6.45, 7) is 4.58. The maximum absolute atomic E-state index is 2.45. The standard InChI is InChI=1S/C52H38N2/c1-33-41-27-25-38(36-14-12-16-40(30-36)54-51-23-9-5-19-45(51)46-20-6-10-24-52(46)54)32-48(41)34(2)42-28-26-37(31-47(33)42)35-13-11-15-39(29-35)53-49-21-7-3-17-43(49)44-18-4-8-22-50(44)53/h3-5,7-19,21-32H,6,20H2,1-2H3. The van der Waals surface area contributed by atoms with Gasteiger partial charge in [0.25, 0.3) is 0 Å². The number of fused-ring (bicyclic) bond motifs is 8. The van der Waals surface area contributed by atoms with Crippen LogP contribution in [0.25, 0.3) is 94.0 Å². The van der Waals surface area contributed by atoms with Gasteiger partial charge in [-0.3, -0.25) is 0 Å². The average molecular weight is 691 g/mol. The molecule has 1 aliphatic rings. The van der Waals surface area contributed by atoms with Gasteiger partial charge in [-0.15, -0.1) is 0 Å². The lowest BCUT2D eigenvalue weighted by atomic mass is 9.89. The molecule has 0 fully saturated rings. The van der Waals surface area contributed by atoms with E-state index >= 15 is 0 Å². The Balaban J connectivity index is 1.00. The molecular weight excluding hydrogens is 653 g/mol. The predicted molar refractivity (Wildman–Crippen MR) is 230 cm³/mol. The lowest BCUT2D eigenvalue weighted by Gasteiger charge is -2.16. The molecule has 0 radical (unpaired) electrons. The van der Waals surface area contributed by atoms with Gasteiger partial charge in [0.05, 0.1) is 16.6 Å². The summed E-state index contributed by atoms with van der Waals surface area (Å²) in [6, 6.07) is 58.5. The summed E-state index contributed by atoms with van der Waals surface area (Å²) in [6.07, 6.45) is 6.82. The van der Waals surface area contributed by atoms with Crippen LogP contribution in [0.3, 0.4) is 0 Å². The normalized spacial score (nSPS) is 12.8. The van der Waals surface area contributed by atoms with Gasteiger partial charge in [0.2, 0.25) is 0 Å². The van der Waals surface area contributed by atoms with Crippen molar-refractivity contribution in [1.29, 1.82) is 0 Å². The fourth-order valence-corrected chi connectivity index (χ4v) is 9.33. The van der Waals surface area contributed by atoms with E-state index in [2.05, 4.69) is 193 Å². The van der Waals surface area contributed by atoms with Crippen molar-refractivity contribution in [1.82, 2.24) is 9.13 Å². The molecule has 2 aromatic heterocycles. The second kappa shape index (κ2) is 11.9. The highest BCUT2D eigenvalue weighted by Crippen LogP contribution is 2.39. The maximum atomic E-state index is 2.45. The van der Waals surface area contributed by atoms with Gasteiger partial charge in [0.15, 0.2) is 0 Å². The zero-order valence-electron chi connectivity index (χ0n) is 30.5. The van der Waals surface area contributed by atoms with Crippen molar-refractivity contribution in [2.24, 2.45) is 0 Å². The molecule has 1 aliphatic carbocycles. The minimum absolute atomic E-state index is 1.09. The van der Waals surface area contributed by atoms with Crippen LogP contribution in [-0.2, 0) is 6.42 Å². The molecule has 0 saturated heterocycles. The number of rotatable bonds is 4. The monoisotopic (exact) mass is 690 g/mol. The van der Waals surface area contributed by atoms with Crippen molar-refractivity contribution in [3.8, 4) is 33.6 Å². The number of aromatic nitrogens is 2. The number of hydrogen-bond donors (Lipinski definition) is 0. The number of hydrogen-bond acceptors (Lipinski definition) is 0. The maximum Gasteiger partial charge on any atom is 0.0541 e. The molecule has 0 spiro atoms. The number of allylic oxidation sites excluding steroid dienone is 1. The molecule has 54 heavy (non-hydrogen) atoms. The fourth-order valence-electron chi connectivity index (χ4n) is 9.33. The second-order valence-electron chi connectivity index (χ2n) is 14.9. The Labute approximate surface area is 314 Å². The second-order valence-corrected chi connectivity index (χ2v) is 14.9. The largest absolute Gasteiger partial charge is 0.310 e. The summed E-state index contributed by atoms with van der Waals surface area (Å²) in [7, 11) is 0. The molecule has 0 atom stereocenters. The molecule has 10 aromatic rings. The van der Waals surface area contributed by atoms with Crippen LogP contribution in [-0.4, -0.2) is 9.13 Å². The fraction of sp³-hybridized carbons (Fsp3) is 0.0769. The van der Waals surface area contributed by atoms with Crippen molar-refractivity contribution < 1.29 is 0 Å². The quantitative estimate of drug-likeness (QED) is 0.163. The first kappa shape index (κ1) is 30.9. The molecule has 0 unspecified atom stereocenters. The molecule has 0 bridgehead atoms. The van der Waals surface area contributed by atoms with Gasteiger partial charge in [-0.1, -0.05) is 109 Å². The molecule has 2 nitrogen and oxygen atoms in total. The zero-order chi connectivity index (χ0) is 35.9. The minimum atomic E-state index is 1.09. The van der Waals surface area contributed by atoms with E-state index < -0.39 is 0 Å². The van der Waals surface area contributed by atoms with Crippen molar-refractivity contribution in [3.05, 3.63) is 186 Å². The van der Waals surface area contributed by atoms with Crippen molar-refractivity contribution >= 4 is 60.3 Å². The lowest BCUT2D eigenvalue weighted by Crippen LogP contribution is -2.00. The Kier molecular flexibility index (Phi) is 6.84. The first-order valence-corrected chi connectivity index (χ1v) is 19.1. The summed E-state index contributed by atoms with van der Waals surface area (Å²) in [5.74, 6) is 0. The highest BCUT2D eigenvalue weighted by Gasteiger charge is 2.19. The smallest absolute Gasteiger partial charge is 0.0541 e. The molecular formula is C52H38N2. The van der Waals surface area contributed by atoms with Gasteiger partial charge in [0, 0.05) is 33.2 Å². The van der Waals surface area contributed by atoms with Crippen molar-refractivity contribution in [3.63, 3.8) is 0 Å². The van der Waals surface area contributed by atoms with Gasteiger partial charge >= 0.3 is 0 Å². The average Bonchev–Trinajstić information content (AvgIpc) is 3.76. The van der Waals surface area contributed by atoms with Crippen LogP contribution in [0.5, 0.6) is 0 Å². The Morgan fingerprint density at radius 1 is 0.389 bits per heavy atom. The van der Waals surface area contributed by atoms with Gasteiger partial charge in [-0.2, -0.15) is 0 Å². The molecule has 2 heteroatoms.